The standard InChI is InChI=1S/C13H18N2O4/c1-3-4-10(13(17)18)15-12(16)8-5-6-11(19-2)9(14)7-8/h5-7,10H,3-4,14H2,1-2H3,(H,15,16)(H,17,18). The summed E-state index contributed by atoms with van der Waals surface area (Å²) in [6.07, 6.45) is 1.05. The van der Waals surface area contributed by atoms with Crippen molar-refractivity contribution in [3.05, 3.63) is 23.8 Å². The fourth-order valence-corrected chi connectivity index (χ4v) is 1.66. The number of methoxy groups -OCH3 is 1. The van der Waals surface area contributed by atoms with Gasteiger partial charge in [-0.15, -0.1) is 0 Å². The number of carboxylic acids is 1. The fourth-order valence-electron chi connectivity index (χ4n) is 1.66. The van der Waals surface area contributed by atoms with Crippen LogP contribution in [0.2, 0.25) is 0 Å². The fraction of sp³-hybridized carbons (Fsp3) is 0.385. The molecule has 1 amide bonds. The van der Waals surface area contributed by atoms with E-state index in [-0.39, 0.29) is 0 Å². The number of nitrogens with one attached hydrogen (secondary N) is 1. The summed E-state index contributed by atoms with van der Waals surface area (Å²) in [5, 5.41) is 11.4. The third-order valence-electron chi connectivity index (χ3n) is 2.67. The van der Waals surface area contributed by atoms with Crippen molar-refractivity contribution in [1.82, 2.24) is 5.32 Å². The molecule has 104 valence electrons. The number of hydrogen-bond donors (Lipinski definition) is 3. The number of nitrogens with two attached hydrogens (primary N) is 1. The first kappa shape index (κ1) is 14.8. The van der Waals surface area contributed by atoms with Crippen LogP contribution >= 0.6 is 0 Å². The monoisotopic (exact) mass is 266 g/mol. The number of carbonyl (C=O) groups excluding carboxylic acids is 1. The van der Waals surface area contributed by atoms with Gasteiger partial charge < -0.3 is 20.9 Å². The maximum atomic E-state index is 11.9. The van der Waals surface area contributed by atoms with E-state index in [1.165, 1.54) is 19.2 Å². The summed E-state index contributed by atoms with van der Waals surface area (Å²) in [6.45, 7) is 1.85. The molecule has 6 nitrogen and oxygen atoms in total. The van der Waals surface area contributed by atoms with Gasteiger partial charge in [-0.05, 0) is 24.6 Å². The van der Waals surface area contributed by atoms with Crippen LogP contribution in [0.4, 0.5) is 5.69 Å². The third kappa shape index (κ3) is 3.87. The molecule has 0 radical (unpaired) electrons. The molecule has 0 saturated carbocycles. The highest BCUT2D eigenvalue weighted by Crippen LogP contribution is 2.21. The average molecular weight is 266 g/mol. The van der Waals surface area contributed by atoms with Gasteiger partial charge in [-0.3, -0.25) is 4.79 Å². The van der Waals surface area contributed by atoms with Crippen molar-refractivity contribution in [2.24, 2.45) is 0 Å². The van der Waals surface area contributed by atoms with Crippen LogP contribution in [0.25, 0.3) is 0 Å². The first-order valence-corrected chi connectivity index (χ1v) is 5.96. The molecule has 0 aliphatic heterocycles. The highest BCUT2D eigenvalue weighted by atomic mass is 16.5. The van der Waals surface area contributed by atoms with E-state index in [4.69, 9.17) is 15.6 Å². The van der Waals surface area contributed by atoms with Gasteiger partial charge in [-0.1, -0.05) is 13.3 Å². The number of carboxylic acid groups (broad SMARTS) is 1. The highest BCUT2D eigenvalue weighted by Gasteiger charge is 2.19. The van der Waals surface area contributed by atoms with Crippen molar-refractivity contribution in [3.63, 3.8) is 0 Å². The second kappa shape index (κ2) is 6.63. The first-order chi connectivity index (χ1) is 8.99. The Kier molecular flexibility index (Phi) is 5.17. The molecule has 19 heavy (non-hydrogen) atoms. The molecule has 1 aromatic rings. The molecule has 1 unspecified atom stereocenters. The predicted molar refractivity (Wildman–Crippen MR) is 71.2 cm³/mol. The number of carbonyl (C=O) groups is 2. The quantitative estimate of drug-likeness (QED) is 0.673. The van der Waals surface area contributed by atoms with Crippen molar-refractivity contribution in [2.45, 2.75) is 25.8 Å². The number of rotatable bonds is 6. The van der Waals surface area contributed by atoms with Crippen LogP contribution in [0.15, 0.2) is 18.2 Å². The Morgan fingerprint density at radius 1 is 1.47 bits per heavy atom. The molecule has 0 aliphatic carbocycles. The molecule has 0 saturated heterocycles. The lowest BCUT2D eigenvalue weighted by molar-refractivity contribution is -0.139. The molecule has 0 heterocycles. The van der Waals surface area contributed by atoms with Crippen molar-refractivity contribution in [1.29, 1.82) is 0 Å². The molecule has 1 aromatic carbocycles. The van der Waals surface area contributed by atoms with Gasteiger partial charge in [-0.2, -0.15) is 0 Å². The molecule has 1 rings (SSSR count). The molecule has 0 bridgehead atoms. The molecule has 0 aliphatic rings. The molecule has 6 heteroatoms. The minimum Gasteiger partial charge on any atom is -0.495 e. The Morgan fingerprint density at radius 2 is 2.16 bits per heavy atom. The van der Waals surface area contributed by atoms with E-state index in [1.54, 1.807) is 6.07 Å². The van der Waals surface area contributed by atoms with Crippen LogP contribution in [0.3, 0.4) is 0 Å². The van der Waals surface area contributed by atoms with Crippen molar-refractivity contribution >= 4 is 17.6 Å². The minimum absolute atomic E-state index is 0.306. The SMILES string of the molecule is CCCC(NC(=O)c1ccc(OC)c(N)c1)C(=O)O. The number of aliphatic carboxylic acids is 1. The molecule has 0 spiro atoms. The van der Waals surface area contributed by atoms with Gasteiger partial charge in [-0.25, -0.2) is 4.79 Å². The lowest BCUT2D eigenvalue weighted by atomic mass is 10.1. The number of anilines is 1. The van der Waals surface area contributed by atoms with Gasteiger partial charge in [0.2, 0.25) is 0 Å². The molecular formula is C13H18N2O4. The van der Waals surface area contributed by atoms with E-state index < -0.39 is 17.9 Å². The Morgan fingerprint density at radius 3 is 2.63 bits per heavy atom. The molecule has 4 N–H and O–H groups in total. The lowest BCUT2D eigenvalue weighted by Gasteiger charge is -2.14. The number of hydrogen-bond acceptors (Lipinski definition) is 4. The molecule has 0 aromatic heterocycles. The van der Waals surface area contributed by atoms with Crippen LogP contribution in [0.1, 0.15) is 30.1 Å². The van der Waals surface area contributed by atoms with Gasteiger partial charge in [0.25, 0.3) is 5.91 Å². The second-order valence-corrected chi connectivity index (χ2v) is 4.11. The summed E-state index contributed by atoms with van der Waals surface area (Å²) in [5.41, 5.74) is 6.33. The maximum absolute atomic E-state index is 11.9. The zero-order chi connectivity index (χ0) is 14.4. The summed E-state index contributed by atoms with van der Waals surface area (Å²) in [5.74, 6) is -1.04. The van der Waals surface area contributed by atoms with Crippen LogP contribution in [0.5, 0.6) is 5.75 Å². The average Bonchev–Trinajstić information content (AvgIpc) is 2.37. The van der Waals surface area contributed by atoms with E-state index >= 15 is 0 Å². The minimum atomic E-state index is -1.04. The van der Waals surface area contributed by atoms with Crippen LogP contribution in [0, 0.1) is 0 Å². The summed E-state index contributed by atoms with van der Waals surface area (Å²) in [7, 11) is 1.48. The smallest absolute Gasteiger partial charge is 0.326 e. The Balaban J connectivity index is 2.82. The van der Waals surface area contributed by atoms with Crippen LogP contribution in [-0.4, -0.2) is 30.1 Å². The second-order valence-electron chi connectivity index (χ2n) is 4.11. The third-order valence-corrected chi connectivity index (χ3v) is 2.67. The summed E-state index contributed by atoms with van der Waals surface area (Å²) < 4.78 is 4.99. The zero-order valence-electron chi connectivity index (χ0n) is 11.0. The van der Waals surface area contributed by atoms with Gasteiger partial charge in [0.1, 0.15) is 11.8 Å². The van der Waals surface area contributed by atoms with E-state index in [2.05, 4.69) is 5.32 Å². The predicted octanol–water partition coefficient (Wildman–Crippen LogP) is 1.26. The van der Waals surface area contributed by atoms with E-state index in [9.17, 15) is 9.59 Å². The first-order valence-electron chi connectivity index (χ1n) is 5.96. The summed E-state index contributed by atoms with van der Waals surface area (Å²) >= 11 is 0. The van der Waals surface area contributed by atoms with E-state index in [0.717, 1.165) is 0 Å². The highest BCUT2D eigenvalue weighted by molar-refractivity contribution is 5.97. The normalized spacial score (nSPS) is 11.7. The maximum Gasteiger partial charge on any atom is 0.326 e. The van der Waals surface area contributed by atoms with Crippen molar-refractivity contribution in [3.8, 4) is 5.75 Å². The number of ether oxygens (including phenoxy) is 1. The Labute approximate surface area is 111 Å². The molecule has 1 atom stereocenters. The summed E-state index contributed by atoms with van der Waals surface area (Å²) in [6, 6.07) is 3.68. The van der Waals surface area contributed by atoms with Gasteiger partial charge >= 0.3 is 5.97 Å². The van der Waals surface area contributed by atoms with Gasteiger partial charge in [0.15, 0.2) is 0 Å². The van der Waals surface area contributed by atoms with E-state index in [1.807, 2.05) is 6.92 Å². The Bertz CT molecular complexity index is 474. The largest absolute Gasteiger partial charge is 0.495 e. The van der Waals surface area contributed by atoms with Crippen LogP contribution < -0.4 is 15.8 Å². The summed E-state index contributed by atoms with van der Waals surface area (Å²) in [4.78, 5) is 22.9. The Hall–Kier alpha value is -2.24. The van der Waals surface area contributed by atoms with Crippen molar-refractivity contribution < 1.29 is 19.4 Å². The zero-order valence-corrected chi connectivity index (χ0v) is 11.0. The van der Waals surface area contributed by atoms with Crippen LogP contribution in [-0.2, 0) is 4.79 Å². The molecular weight excluding hydrogens is 248 g/mol. The van der Waals surface area contributed by atoms with Gasteiger partial charge in [0.05, 0.1) is 12.8 Å². The lowest BCUT2D eigenvalue weighted by Crippen LogP contribution is -2.40. The van der Waals surface area contributed by atoms with E-state index in [0.29, 0.717) is 29.8 Å². The molecule has 0 fully saturated rings. The number of amides is 1. The number of benzene rings is 1. The van der Waals surface area contributed by atoms with Crippen molar-refractivity contribution in [2.75, 3.05) is 12.8 Å². The number of nitrogen functional groups attached to an aromatic ring is 1. The van der Waals surface area contributed by atoms with Gasteiger partial charge in [0, 0.05) is 5.56 Å². The topological polar surface area (TPSA) is 102 Å².